The zero-order chi connectivity index (χ0) is 11.4. The fourth-order valence-corrected chi connectivity index (χ4v) is 2.08. The summed E-state index contributed by atoms with van der Waals surface area (Å²) < 4.78 is 37.3. The Labute approximate surface area is 85.8 Å². The molecule has 2 fully saturated rings. The van der Waals surface area contributed by atoms with Gasteiger partial charge in [-0.05, 0) is 13.8 Å². The molecule has 0 unspecified atom stereocenters. The van der Waals surface area contributed by atoms with Gasteiger partial charge in [0.25, 0.3) is 0 Å². The Morgan fingerprint density at radius 3 is 1.60 bits per heavy atom. The van der Waals surface area contributed by atoms with E-state index in [9.17, 15) is 19.0 Å². The lowest BCUT2D eigenvalue weighted by atomic mass is 9.87. The number of alkyl halides is 2. The van der Waals surface area contributed by atoms with Crippen molar-refractivity contribution >= 4 is 0 Å². The van der Waals surface area contributed by atoms with E-state index in [-0.39, 0.29) is 0 Å². The summed E-state index contributed by atoms with van der Waals surface area (Å²) in [7, 11) is 0. The van der Waals surface area contributed by atoms with E-state index in [0.29, 0.717) is 0 Å². The van der Waals surface area contributed by atoms with Crippen LogP contribution in [0.25, 0.3) is 0 Å². The summed E-state index contributed by atoms with van der Waals surface area (Å²) in [4.78, 5) is 0. The van der Waals surface area contributed by atoms with E-state index in [0.717, 1.165) is 0 Å². The van der Waals surface area contributed by atoms with Crippen LogP contribution in [0.2, 0.25) is 0 Å². The molecule has 6 atom stereocenters. The molecular formula is C9H14F2O4. The number of hydrogen-bond donors (Lipinski definition) is 2. The van der Waals surface area contributed by atoms with Crippen molar-refractivity contribution in [3.63, 3.8) is 0 Å². The highest BCUT2D eigenvalue weighted by Crippen LogP contribution is 2.39. The lowest BCUT2D eigenvalue weighted by Crippen LogP contribution is -2.59. The molecule has 2 aliphatic rings. The lowest BCUT2D eigenvalue weighted by molar-refractivity contribution is -0.153. The van der Waals surface area contributed by atoms with E-state index >= 15 is 0 Å². The van der Waals surface area contributed by atoms with Gasteiger partial charge in [-0.2, -0.15) is 0 Å². The zero-order valence-corrected chi connectivity index (χ0v) is 8.43. The first-order valence-corrected chi connectivity index (χ1v) is 4.83. The zero-order valence-electron chi connectivity index (χ0n) is 8.43. The number of aliphatic hydroxyl groups excluding tert-OH is 2. The van der Waals surface area contributed by atoms with Crippen LogP contribution in [0, 0.1) is 0 Å². The molecule has 6 heteroatoms. The molecule has 0 spiro atoms. The minimum atomic E-state index is -1.83. The fourth-order valence-electron chi connectivity index (χ4n) is 2.08. The minimum Gasteiger partial charge on any atom is -0.387 e. The van der Waals surface area contributed by atoms with Crippen molar-refractivity contribution in [2.24, 2.45) is 0 Å². The van der Waals surface area contributed by atoms with Crippen molar-refractivity contribution in [3.05, 3.63) is 0 Å². The Balaban J connectivity index is 2.23. The third-order valence-corrected chi connectivity index (χ3v) is 2.79. The lowest BCUT2D eigenvalue weighted by Gasteiger charge is -2.36. The van der Waals surface area contributed by atoms with Crippen LogP contribution in [0.15, 0.2) is 0 Å². The summed E-state index contributed by atoms with van der Waals surface area (Å²) in [6, 6.07) is 0. The molecule has 1 aliphatic heterocycles. The van der Waals surface area contributed by atoms with Gasteiger partial charge in [0.15, 0.2) is 18.1 Å². The number of fused-ring (bicyclic) bond motifs is 1. The molecule has 2 rings (SSSR count). The summed E-state index contributed by atoms with van der Waals surface area (Å²) in [5.41, 5.74) is 0. The second kappa shape index (κ2) is 3.35. The molecule has 4 nitrogen and oxygen atoms in total. The summed E-state index contributed by atoms with van der Waals surface area (Å²) in [5, 5.41) is 18.5. The smallest absolute Gasteiger partial charge is 0.164 e. The van der Waals surface area contributed by atoms with Crippen molar-refractivity contribution in [2.75, 3.05) is 0 Å². The van der Waals surface area contributed by atoms with E-state index in [1.54, 1.807) is 0 Å². The molecule has 0 aromatic carbocycles. The molecule has 15 heavy (non-hydrogen) atoms. The molecule has 88 valence electrons. The van der Waals surface area contributed by atoms with Crippen molar-refractivity contribution in [1.29, 1.82) is 0 Å². The average Bonchev–Trinajstić information content (AvgIpc) is 2.48. The number of rotatable bonds is 0. The molecule has 1 heterocycles. The van der Waals surface area contributed by atoms with Crippen molar-refractivity contribution < 1.29 is 28.5 Å². The van der Waals surface area contributed by atoms with Crippen LogP contribution in [0.5, 0.6) is 0 Å². The molecule has 0 aromatic heterocycles. The Morgan fingerprint density at radius 1 is 0.933 bits per heavy atom. The van der Waals surface area contributed by atoms with Crippen molar-refractivity contribution in [1.82, 2.24) is 0 Å². The molecule has 1 aliphatic carbocycles. The Hall–Kier alpha value is -0.300. The molecular weight excluding hydrogens is 210 g/mol. The molecule has 1 saturated heterocycles. The number of halogens is 2. The van der Waals surface area contributed by atoms with Gasteiger partial charge in [0.1, 0.15) is 24.4 Å². The average molecular weight is 224 g/mol. The molecule has 0 bridgehead atoms. The Morgan fingerprint density at radius 2 is 1.27 bits per heavy atom. The summed E-state index contributed by atoms with van der Waals surface area (Å²) in [6.45, 7) is 3.06. The quantitative estimate of drug-likeness (QED) is 0.604. The third-order valence-electron chi connectivity index (χ3n) is 2.79. The second-order valence-corrected chi connectivity index (χ2v) is 4.43. The van der Waals surface area contributed by atoms with Gasteiger partial charge in [-0.15, -0.1) is 0 Å². The van der Waals surface area contributed by atoms with Crippen LogP contribution in [-0.2, 0) is 9.47 Å². The summed E-state index contributed by atoms with van der Waals surface area (Å²) in [5.74, 6) is -1.09. The van der Waals surface area contributed by atoms with Crippen LogP contribution in [0.3, 0.4) is 0 Å². The highest BCUT2D eigenvalue weighted by molar-refractivity contribution is 5.03. The maximum Gasteiger partial charge on any atom is 0.164 e. The first kappa shape index (κ1) is 11.2. The maximum atomic E-state index is 13.5. The number of hydrogen-bond acceptors (Lipinski definition) is 4. The molecule has 2 N–H and O–H groups in total. The summed E-state index contributed by atoms with van der Waals surface area (Å²) in [6.07, 6.45) is -9.52. The van der Waals surface area contributed by atoms with Crippen LogP contribution in [0.1, 0.15) is 13.8 Å². The second-order valence-electron chi connectivity index (χ2n) is 4.43. The van der Waals surface area contributed by atoms with E-state index in [4.69, 9.17) is 9.47 Å². The SMILES string of the molecule is CC1(C)O[C@H]2[C@H](F)[C@@H](O)[C@@H](O)[C@H](F)[C@@H]2O1. The van der Waals surface area contributed by atoms with Crippen LogP contribution >= 0.6 is 0 Å². The van der Waals surface area contributed by atoms with Crippen LogP contribution < -0.4 is 0 Å². The van der Waals surface area contributed by atoms with Gasteiger partial charge in [0.05, 0.1) is 0 Å². The van der Waals surface area contributed by atoms with Gasteiger partial charge >= 0.3 is 0 Å². The molecule has 0 radical (unpaired) electrons. The van der Waals surface area contributed by atoms with E-state index in [1.807, 2.05) is 0 Å². The van der Waals surface area contributed by atoms with Gasteiger partial charge in [-0.3, -0.25) is 0 Å². The predicted molar refractivity (Wildman–Crippen MR) is 45.6 cm³/mol. The number of aliphatic hydroxyl groups is 2. The predicted octanol–water partition coefficient (Wildman–Crippen LogP) is -0.0819. The molecule has 0 amide bonds. The van der Waals surface area contributed by atoms with Gasteiger partial charge in [0.2, 0.25) is 0 Å². The highest BCUT2D eigenvalue weighted by Gasteiger charge is 2.58. The van der Waals surface area contributed by atoms with E-state index in [2.05, 4.69) is 0 Å². The standard InChI is InChI=1S/C9H14F2O4/c1-9(2)14-7-3(10)5(12)6(13)4(11)8(7)15-9/h3-8,12-13H,1-2H3/t3-,4+,5-,6+,7-,8-/m0/s1. The topological polar surface area (TPSA) is 58.9 Å². The van der Waals surface area contributed by atoms with Crippen molar-refractivity contribution in [3.8, 4) is 0 Å². The first-order valence-electron chi connectivity index (χ1n) is 4.83. The monoisotopic (exact) mass is 224 g/mol. The van der Waals surface area contributed by atoms with Gasteiger partial charge < -0.3 is 19.7 Å². The van der Waals surface area contributed by atoms with Crippen LogP contribution in [0.4, 0.5) is 8.78 Å². The van der Waals surface area contributed by atoms with E-state index < -0.39 is 42.5 Å². The van der Waals surface area contributed by atoms with Gasteiger partial charge in [-0.25, -0.2) is 8.78 Å². The highest BCUT2D eigenvalue weighted by atomic mass is 19.1. The maximum absolute atomic E-state index is 13.5. The van der Waals surface area contributed by atoms with E-state index in [1.165, 1.54) is 13.8 Å². The van der Waals surface area contributed by atoms with Gasteiger partial charge in [-0.1, -0.05) is 0 Å². The van der Waals surface area contributed by atoms with Crippen LogP contribution in [-0.4, -0.2) is 52.8 Å². The normalized spacial score (nSPS) is 54.0. The molecule has 0 aromatic rings. The first-order chi connectivity index (χ1) is 6.83. The largest absolute Gasteiger partial charge is 0.387 e. The summed E-state index contributed by atoms with van der Waals surface area (Å²) >= 11 is 0. The van der Waals surface area contributed by atoms with Crippen molar-refractivity contribution in [2.45, 2.75) is 56.4 Å². The third kappa shape index (κ3) is 1.65. The minimum absolute atomic E-state index is 1.09. The Kier molecular flexibility index (Phi) is 2.50. The Bertz CT molecular complexity index is 236. The fraction of sp³-hybridized carbons (Fsp3) is 1.00. The molecule has 1 saturated carbocycles. The van der Waals surface area contributed by atoms with Gasteiger partial charge in [0, 0.05) is 0 Å². The number of ether oxygens (including phenoxy) is 2.